The van der Waals surface area contributed by atoms with Crippen molar-refractivity contribution in [3.05, 3.63) is 265 Å². The maximum absolute atomic E-state index is 5.34. The molecule has 0 N–H and O–H groups in total. The SMILES string of the molecule is c1ccc(-c2cccc(-c3cc(-c4ccc(-c5cccc6c5C(c5ccccc5)(c5ccccc5)c5cc7ccccc7cc5-6)c5ccccc45)nc(-c4ccccc4)n3)c2)cc1. The van der Waals surface area contributed by atoms with Crippen LogP contribution in [-0.4, -0.2) is 9.97 Å². The molecule has 2 heteroatoms. The Balaban J connectivity index is 1.10. The molecule has 0 atom stereocenters. The molecule has 0 unspecified atom stereocenters. The molecular formula is C61H40N2. The Morgan fingerprint density at radius 2 is 0.778 bits per heavy atom. The molecule has 1 aliphatic rings. The zero-order valence-electron chi connectivity index (χ0n) is 34.5. The quantitative estimate of drug-likeness (QED) is 0.160. The Morgan fingerprint density at radius 3 is 1.46 bits per heavy atom. The minimum Gasteiger partial charge on any atom is -0.228 e. The largest absolute Gasteiger partial charge is 0.228 e. The summed E-state index contributed by atoms with van der Waals surface area (Å²) >= 11 is 0. The van der Waals surface area contributed by atoms with Crippen LogP contribution in [0.4, 0.5) is 0 Å². The zero-order valence-corrected chi connectivity index (χ0v) is 34.5. The summed E-state index contributed by atoms with van der Waals surface area (Å²) in [6.07, 6.45) is 0. The van der Waals surface area contributed by atoms with Crippen LogP contribution in [0.3, 0.4) is 0 Å². The molecule has 294 valence electrons. The minimum absolute atomic E-state index is 0.575. The van der Waals surface area contributed by atoms with Gasteiger partial charge < -0.3 is 0 Å². The number of benzene rings is 10. The molecular weight excluding hydrogens is 761 g/mol. The lowest BCUT2D eigenvalue weighted by molar-refractivity contribution is 0.771. The van der Waals surface area contributed by atoms with Crippen LogP contribution in [0, 0.1) is 0 Å². The first-order chi connectivity index (χ1) is 31.2. The van der Waals surface area contributed by atoms with E-state index in [2.05, 4.69) is 237 Å². The van der Waals surface area contributed by atoms with Crippen molar-refractivity contribution in [3.8, 4) is 67.3 Å². The summed E-state index contributed by atoms with van der Waals surface area (Å²) in [6, 6.07) is 87.9. The van der Waals surface area contributed by atoms with Crippen molar-refractivity contribution in [2.45, 2.75) is 5.41 Å². The second kappa shape index (κ2) is 15.1. The summed E-state index contributed by atoms with van der Waals surface area (Å²) in [6.45, 7) is 0. The van der Waals surface area contributed by atoms with Gasteiger partial charge in [-0.15, -0.1) is 0 Å². The van der Waals surface area contributed by atoms with Crippen LogP contribution in [-0.2, 0) is 5.41 Å². The van der Waals surface area contributed by atoms with Gasteiger partial charge in [-0.3, -0.25) is 0 Å². The third-order valence-electron chi connectivity index (χ3n) is 12.9. The monoisotopic (exact) mass is 800 g/mol. The fraction of sp³-hybridized carbons (Fsp3) is 0.0164. The van der Waals surface area contributed by atoms with Crippen molar-refractivity contribution in [2.75, 3.05) is 0 Å². The predicted octanol–water partition coefficient (Wildman–Crippen LogP) is 15.5. The Labute approximate surface area is 367 Å². The molecule has 10 aromatic carbocycles. The summed E-state index contributed by atoms with van der Waals surface area (Å²) < 4.78 is 0. The molecule has 1 heterocycles. The Bertz CT molecular complexity index is 3450. The molecule has 0 radical (unpaired) electrons. The molecule has 0 spiro atoms. The van der Waals surface area contributed by atoms with E-state index in [9.17, 15) is 0 Å². The first-order valence-corrected chi connectivity index (χ1v) is 21.6. The first-order valence-electron chi connectivity index (χ1n) is 21.6. The van der Waals surface area contributed by atoms with Gasteiger partial charge in [0.2, 0.25) is 0 Å². The third kappa shape index (κ3) is 6.02. The fourth-order valence-electron chi connectivity index (χ4n) is 10.2. The van der Waals surface area contributed by atoms with Gasteiger partial charge in [-0.1, -0.05) is 218 Å². The first kappa shape index (κ1) is 36.6. The smallest absolute Gasteiger partial charge is 0.160 e. The molecule has 12 rings (SSSR count). The van der Waals surface area contributed by atoms with Gasteiger partial charge in [0.1, 0.15) is 0 Å². The van der Waals surface area contributed by atoms with E-state index in [1.54, 1.807) is 0 Å². The van der Waals surface area contributed by atoms with Crippen LogP contribution in [0.2, 0.25) is 0 Å². The molecule has 2 nitrogen and oxygen atoms in total. The maximum Gasteiger partial charge on any atom is 0.160 e. The average Bonchev–Trinajstić information content (AvgIpc) is 3.66. The predicted molar refractivity (Wildman–Crippen MR) is 262 cm³/mol. The Hall–Kier alpha value is -8.20. The fourth-order valence-corrected chi connectivity index (χ4v) is 10.2. The van der Waals surface area contributed by atoms with Gasteiger partial charge in [0.25, 0.3) is 0 Å². The number of hydrogen-bond donors (Lipinski definition) is 0. The lowest BCUT2D eigenvalue weighted by atomic mass is 9.66. The van der Waals surface area contributed by atoms with Gasteiger partial charge in [-0.25, -0.2) is 9.97 Å². The van der Waals surface area contributed by atoms with Gasteiger partial charge in [0.05, 0.1) is 16.8 Å². The molecule has 0 saturated carbocycles. The van der Waals surface area contributed by atoms with Crippen LogP contribution >= 0.6 is 0 Å². The van der Waals surface area contributed by atoms with Crippen LogP contribution in [0.1, 0.15) is 22.3 Å². The highest BCUT2D eigenvalue weighted by molar-refractivity contribution is 6.07. The van der Waals surface area contributed by atoms with E-state index in [1.807, 2.05) is 6.07 Å². The van der Waals surface area contributed by atoms with E-state index < -0.39 is 5.41 Å². The number of nitrogens with zero attached hydrogens (tertiary/aromatic N) is 2. The Kier molecular flexibility index (Phi) is 8.76. The molecule has 0 bridgehead atoms. The van der Waals surface area contributed by atoms with Gasteiger partial charge in [-0.05, 0) is 101 Å². The highest BCUT2D eigenvalue weighted by atomic mass is 14.9. The number of fused-ring (bicyclic) bond motifs is 5. The molecule has 1 aromatic heterocycles. The maximum atomic E-state index is 5.34. The lowest BCUT2D eigenvalue weighted by Gasteiger charge is -2.35. The van der Waals surface area contributed by atoms with Gasteiger partial charge in [-0.2, -0.15) is 0 Å². The van der Waals surface area contributed by atoms with Crippen LogP contribution < -0.4 is 0 Å². The zero-order chi connectivity index (χ0) is 41.7. The van der Waals surface area contributed by atoms with E-state index in [4.69, 9.17) is 9.97 Å². The van der Waals surface area contributed by atoms with E-state index in [-0.39, 0.29) is 0 Å². The third-order valence-corrected chi connectivity index (χ3v) is 12.9. The average molecular weight is 801 g/mol. The Morgan fingerprint density at radius 1 is 0.286 bits per heavy atom. The van der Waals surface area contributed by atoms with E-state index in [0.717, 1.165) is 39.0 Å². The topological polar surface area (TPSA) is 25.8 Å². The highest BCUT2D eigenvalue weighted by Gasteiger charge is 2.48. The molecule has 0 fully saturated rings. The van der Waals surface area contributed by atoms with Crippen molar-refractivity contribution in [1.29, 1.82) is 0 Å². The molecule has 11 aromatic rings. The molecule has 0 aliphatic heterocycles. The van der Waals surface area contributed by atoms with Crippen molar-refractivity contribution < 1.29 is 0 Å². The van der Waals surface area contributed by atoms with E-state index in [0.29, 0.717) is 5.82 Å². The second-order valence-corrected chi connectivity index (χ2v) is 16.4. The molecule has 63 heavy (non-hydrogen) atoms. The lowest BCUT2D eigenvalue weighted by Crippen LogP contribution is -2.29. The summed E-state index contributed by atoms with van der Waals surface area (Å²) in [5.41, 5.74) is 16.6. The standard InChI is InChI=1S/C61H40N2/c1-5-19-41(20-6-1)43-25-17-26-46(37-43)57-40-58(63-60(62-57)42-21-7-2-8-22-42)52-36-35-51(49-31-15-16-32-50(49)52)53-33-18-34-54-55-38-44-23-13-14-24-45(44)39-56(55)61(59(53)54,47-27-9-3-10-28-47)48-29-11-4-12-30-48/h1-40H. The second-order valence-electron chi connectivity index (χ2n) is 16.4. The van der Waals surface area contributed by atoms with Crippen LogP contribution in [0.15, 0.2) is 243 Å². The summed E-state index contributed by atoms with van der Waals surface area (Å²) in [5, 5.41) is 4.79. The van der Waals surface area contributed by atoms with Crippen molar-refractivity contribution in [2.24, 2.45) is 0 Å². The molecule has 0 amide bonds. The number of hydrogen-bond acceptors (Lipinski definition) is 2. The summed E-state index contributed by atoms with van der Waals surface area (Å²) in [5.74, 6) is 0.697. The number of rotatable bonds is 7. The van der Waals surface area contributed by atoms with Gasteiger partial charge >= 0.3 is 0 Å². The van der Waals surface area contributed by atoms with Crippen molar-refractivity contribution in [3.63, 3.8) is 0 Å². The minimum atomic E-state index is -0.575. The summed E-state index contributed by atoms with van der Waals surface area (Å²) in [7, 11) is 0. The molecule has 0 saturated heterocycles. The highest BCUT2D eigenvalue weighted by Crippen LogP contribution is 2.60. The van der Waals surface area contributed by atoms with Crippen molar-refractivity contribution >= 4 is 21.5 Å². The van der Waals surface area contributed by atoms with Crippen LogP contribution in [0.5, 0.6) is 0 Å². The van der Waals surface area contributed by atoms with Gasteiger partial charge in [0.15, 0.2) is 5.82 Å². The normalized spacial score (nSPS) is 12.6. The van der Waals surface area contributed by atoms with E-state index in [1.165, 1.54) is 66.2 Å². The number of aromatic nitrogens is 2. The van der Waals surface area contributed by atoms with E-state index >= 15 is 0 Å². The van der Waals surface area contributed by atoms with Crippen LogP contribution in [0.25, 0.3) is 88.8 Å². The summed E-state index contributed by atoms with van der Waals surface area (Å²) in [4.78, 5) is 10.6. The van der Waals surface area contributed by atoms with Crippen molar-refractivity contribution in [1.82, 2.24) is 9.97 Å². The van der Waals surface area contributed by atoms with Gasteiger partial charge in [0, 0.05) is 16.7 Å². The molecule has 1 aliphatic carbocycles.